The van der Waals surface area contributed by atoms with Gasteiger partial charge in [-0.1, -0.05) is 24.3 Å². The summed E-state index contributed by atoms with van der Waals surface area (Å²) in [6, 6.07) is 15.3. The molecule has 0 atom stereocenters. The van der Waals surface area contributed by atoms with Gasteiger partial charge in [-0.2, -0.15) is 0 Å². The van der Waals surface area contributed by atoms with Crippen LogP contribution >= 0.6 is 11.3 Å². The maximum Gasteiger partial charge on any atom is 0.128 e. The van der Waals surface area contributed by atoms with Crippen molar-refractivity contribution in [3.8, 4) is 16.3 Å². The second kappa shape index (κ2) is 5.10. The van der Waals surface area contributed by atoms with Gasteiger partial charge in [-0.15, -0.1) is 11.3 Å². The van der Waals surface area contributed by atoms with Crippen LogP contribution in [-0.2, 0) is 25.8 Å². The number of phenols is 1. The van der Waals surface area contributed by atoms with Crippen LogP contribution in [0, 0.1) is 0 Å². The molecule has 2 aromatic carbocycles. The fourth-order valence-corrected chi connectivity index (χ4v) is 2.64. The molecular weight excluding hydrogens is 263 g/mol. The summed E-state index contributed by atoms with van der Waals surface area (Å²) < 4.78 is 1.14. The van der Waals surface area contributed by atoms with Gasteiger partial charge in [-0.25, -0.2) is 4.98 Å². The summed E-state index contributed by atoms with van der Waals surface area (Å²) in [5, 5.41) is 10.6. The molecule has 0 spiro atoms. The monoisotopic (exact) mass is 272 g/mol. The predicted molar refractivity (Wildman–Crippen MR) is 66.7 cm³/mol. The first kappa shape index (κ1) is 12.5. The normalized spacial score (nSPS) is 10.1. The Kier molecular flexibility index (Phi) is 3.74. The Hall–Kier alpha value is -1.000. The number of hydrogen-bond acceptors (Lipinski definition) is 3. The summed E-state index contributed by atoms with van der Waals surface area (Å²) in [6.07, 6.45) is 0. The summed E-state index contributed by atoms with van der Waals surface area (Å²) in [5.41, 5.74) is 1.77. The molecule has 17 heavy (non-hydrogen) atoms. The molecule has 1 N–H and O–H groups in total. The zero-order chi connectivity index (χ0) is 11.0. The molecule has 81 valence electrons. The van der Waals surface area contributed by atoms with E-state index in [1.165, 1.54) is 0 Å². The topological polar surface area (TPSA) is 33.1 Å². The molecule has 0 fully saturated rings. The number of thiazole rings is 1. The van der Waals surface area contributed by atoms with E-state index in [4.69, 9.17) is 0 Å². The standard InChI is InChI=1S/C13H9NOS.Sc/c15-11-7-3-1-5-9(11)13-14-10-6-2-4-8-12(10)16-13;/h1-8,15H;. The van der Waals surface area contributed by atoms with Crippen molar-refractivity contribution in [3.63, 3.8) is 0 Å². The van der Waals surface area contributed by atoms with Gasteiger partial charge >= 0.3 is 0 Å². The number of hydrogen-bond donors (Lipinski definition) is 1. The van der Waals surface area contributed by atoms with Crippen molar-refractivity contribution in [2.75, 3.05) is 0 Å². The largest absolute Gasteiger partial charge is 0.507 e. The molecule has 0 aliphatic rings. The Morgan fingerprint density at radius 2 is 1.65 bits per heavy atom. The number of phenolic OH excluding ortho intramolecular Hbond substituents is 1. The summed E-state index contributed by atoms with van der Waals surface area (Å²) in [4.78, 5) is 4.50. The Labute approximate surface area is 122 Å². The first-order valence-electron chi connectivity index (χ1n) is 4.98. The molecule has 4 heteroatoms. The maximum absolute atomic E-state index is 9.76. The van der Waals surface area contributed by atoms with Gasteiger partial charge in [0.2, 0.25) is 0 Å². The predicted octanol–water partition coefficient (Wildman–Crippen LogP) is 3.67. The number of benzene rings is 2. The van der Waals surface area contributed by atoms with E-state index >= 15 is 0 Å². The van der Waals surface area contributed by atoms with Crippen molar-refractivity contribution in [2.24, 2.45) is 0 Å². The SMILES string of the molecule is Oc1ccccc1-c1nc2ccccc2s1.[Sc]. The minimum absolute atomic E-state index is 0. The van der Waals surface area contributed by atoms with E-state index in [-0.39, 0.29) is 31.6 Å². The second-order valence-electron chi connectivity index (χ2n) is 3.50. The zero-order valence-electron chi connectivity index (χ0n) is 9.00. The van der Waals surface area contributed by atoms with Gasteiger partial charge in [-0.05, 0) is 24.3 Å². The van der Waals surface area contributed by atoms with Gasteiger partial charge in [0.25, 0.3) is 0 Å². The van der Waals surface area contributed by atoms with Crippen molar-refractivity contribution in [1.29, 1.82) is 0 Å². The molecule has 1 aromatic heterocycles. The third kappa shape index (κ3) is 2.33. The van der Waals surface area contributed by atoms with E-state index in [1.807, 2.05) is 42.5 Å². The van der Waals surface area contributed by atoms with Crippen LogP contribution in [0.4, 0.5) is 0 Å². The van der Waals surface area contributed by atoms with E-state index < -0.39 is 0 Å². The van der Waals surface area contributed by atoms with Crippen LogP contribution in [0.2, 0.25) is 0 Å². The van der Waals surface area contributed by atoms with Crippen molar-refractivity contribution in [3.05, 3.63) is 48.5 Å². The summed E-state index contributed by atoms with van der Waals surface area (Å²) >= 11 is 1.59. The van der Waals surface area contributed by atoms with Gasteiger partial charge in [-0.3, -0.25) is 0 Å². The third-order valence-corrected chi connectivity index (χ3v) is 3.50. The van der Waals surface area contributed by atoms with Crippen LogP contribution in [0.25, 0.3) is 20.8 Å². The van der Waals surface area contributed by atoms with Crippen LogP contribution in [0.5, 0.6) is 5.75 Å². The summed E-state index contributed by atoms with van der Waals surface area (Å²) in [6.45, 7) is 0. The van der Waals surface area contributed by atoms with Crippen LogP contribution < -0.4 is 0 Å². The number of aromatic hydroxyl groups is 1. The molecule has 0 aliphatic carbocycles. The molecule has 0 aliphatic heterocycles. The number of rotatable bonds is 1. The van der Waals surface area contributed by atoms with Crippen LogP contribution in [0.1, 0.15) is 0 Å². The van der Waals surface area contributed by atoms with E-state index in [0.29, 0.717) is 0 Å². The molecule has 0 saturated carbocycles. The molecule has 3 aromatic rings. The Balaban J connectivity index is 0.00000108. The van der Waals surface area contributed by atoms with Gasteiger partial charge in [0.05, 0.1) is 15.8 Å². The molecule has 1 radical (unpaired) electrons. The molecule has 3 rings (SSSR count). The fraction of sp³-hybridized carbons (Fsp3) is 0. The molecule has 2 nitrogen and oxygen atoms in total. The molecule has 0 unspecified atom stereocenters. The zero-order valence-corrected chi connectivity index (χ0v) is 11.6. The van der Waals surface area contributed by atoms with Crippen molar-refractivity contribution >= 4 is 21.6 Å². The van der Waals surface area contributed by atoms with Gasteiger partial charge in [0.1, 0.15) is 10.8 Å². The molecule has 0 bridgehead atoms. The molecule has 0 saturated heterocycles. The number of aromatic nitrogens is 1. The molecule has 0 amide bonds. The van der Waals surface area contributed by atoms with E-state index in [9.17, 15) is 5.11 Å². The summed E-state index contributed by atoms with van der Waals surface area (Å²) in [7, 11) is 0. The van der Waals surface area contributed by atoms with Crippen molar-refractivity contribution < 1.29 is 30.9 Å². The Morgan fingerprint density at radius 3 is 2.41 bits per heavy atom. The van der Waals surface area contributed by atoms with E-state index in [1.54, 1.807) is 17.4 Å². The van der Waals surface area contributed by atoms with Gasteiger partial charge < -0.3 is 5.11 Å². The van der Waals surface area contributed by atoms with Crippen LogP contribution in [-0.4, -0.2) is 10.1 Å². The Morgan fingerprint density at radius 1 is 0.941 bits per heavy atom. The van der Waals surface area contributed by atoms with Crippen molar-refractivity contribution in [1.82, 2.24) is 4.98 Å². The average molecular weight is 272 g/mol. The quantitative estimate of drug-likeness (QED) is 0.733. The number of fused-ring (bicyclic) bond motifs is 1. The number of para-hydroxylation sites is 2. The third-order valence-electron chi connectivity index (χ3n) is 2.43. The Bertz CT molecular complexity index is 617. The second-order valence-corrected chi connectivity index (χ2v) is 4.53. The first-order chi connectivity index (χ1) is 7.84. The fourth-order valence-electron chi connectivity index (χ4n) is 1.64. The first-order valence-corrected chi connectivity index (χ1v) is 5.80. The molecular formula is C13H9NOSSc. The summed E-state index contributed by atoms with van der Waals surface area (Å²) in [5.74, 6) is 0.279. The van der Waals surface area contributed by atoms with Crippen LogP contribution in [0.15, 0.2) is 48.5 Å². The minimum atomic E-state index is 0. The van der Waals surface area contributed by atoms with Crippen molar-refractivity contribution in [2.45, 2.75) is 0 Å². The molecule has 1 heterocycles. The minimum Gasteiger partial charge on any atom is -0.507 e. The maximum atomic E-state index is 9.76. The van der Waals surface area contributed by atoms with Gasteiger partial charge in [0.15, 0.2) is 0 Å². The smallest absolute Gasteiger partial charge is 0.128 e. The van der Waals surface area contributed by atoms with E-state index in [2.05, 4.69) is 4.98 Å². The van der Waals surface area contributed by atoms with Gasteiger partial charge in [0, 0.05) is 25.8 Å². The van der Waals surface area contributed by atoms with E-state index in [0.717, 1.165) is 20.8 Å². The van der Waals surface area contributed by atoms with Crippen LogP contribution in [0.3, 0.4) is 0 Å². The average Bonchev–Trinajstić information content (AvgIpc) is 2.73. The number of nitrogens with zero attached hydrogens (tertiary/aromatic N) is 1.